The van der Waals surface area contributed by atoms with Gasteiger partial charge in [0.05, 0.1) is 0 Å². The van der Waals surface area contributed by atoms with E-state index in [4.69, 9.17) is 0 Å². The van der Waals surface area contributed by atoms with Crippen LogP contribution in [0.1, 0.15) is 39.7 Å². The third kappa shape index (κ3) is 3.83. The number of hydrogen-bond acceptors (Lipinski definition) is 2. The van der Waals surface area contributed by atoms with E-state index in [0.717, 1.165) is 13.0 Å². The normalized spacial score (nSPS) is 25.9. The van der Waals surface area contributed by atoms with Crippen LogP contribution < -0.4 is 5.32 Å². The van der Waals surface area contributed by atoms with Crippen LogP contribution in [0.25, 0.3) is 0 Å². The fraction of sp³-hybridized carbons (Fsp3) is 0.667. The predicted molar refractivity (Wildman–Crippen MR) is 87.0 cm³/mol. The van der Waals surface area contributed by atoms with Gasteiger partial charge in [-0.2, -0.15) is 0 Å². The molecule has 1 saturated heterocycles. The minimum absolute atomic E-state index is 0.585. The van der Waals surface area contributed by atoms with E-state index in [2.05, 4.69) is 68.2 Å². The van der Waals surface area contributed by atoms with Crippen molar-refractivity contribution in [3.05, 3.63) is 35.9 Å². The van der Waals surface area contributed by atoms with Crippen LogP contribution in [-0.2, 0) is 6.42 Å². The number of hydrogen-bond donors (Lipinski definition) is 1. The summed E-state index contributed by atoms with van der Waals surface area (Å²) in [6.07, 6.45) is 2.37. The van der Waals surface area contributed by atoms with Crippen molar-refractivity contribution < 1.29 is 0 Å². The molecule has 1 heterocycles. The van der Waals surface area contributed by atoms with Gasteiger partial charge in [0.15, 0.2) is 0 Å². The Hall–Kier alpha value is -0.860. The van der Waals surface area contributed by atoms with Crippen molar-refractivity contribution in [1.82, 2.24) is 10.2 Å². The van der Waals surface area contributed by atoms with Crippen molar-refractivity contribution in [2.75, 3.05) is 13.1 Å². The van der Waals surface area contributed by atoms with E-state index in [1.165, 1.54) is 18.5 Å². The van der Waals surface area contributed by atoms with Crippen LogP contribution in [0.3, 0.4) is 0 Å². The van der Waals surface area contributed by atoms with E-state index in [-0.39, 0.29) is 0 Å². The van der Waals surface area contributed by atoms with Crippen LogP contribution in [0, 0.1) is 5.92 Å². The smallest absolute Gasteiger partial charge is 0.0247 e. The lowest BCUT2D eigenvalue weighted by Gasteiger charge is -2.45. The van der Waals surface area contributed by atoms with Gasteiger partial charge < -0.3 is 5.32 Å². The largest absolute Gasteiger partial charge is 0.311 e. The summed E-state index contributed by atoms with van der Waals surface area (Å²) in [7, 11) is 0. The Morgan fingerprint density at radius 1 is 1.20 bits per heavy atom. The molecule has 112 valence electrons. The molecule has 20 heavy (non-hydrogen) atoms. The SMILES string of the molecule is CCC(C)N1CC(Cc2ccccc2)NCC1C(C)C. The minimum Gasteiger partial charge on any atom is -0.311 e. The molecule has 0 aliphatic carbocycles. The zero-order valence-corrected chi connectivity index (χ0v) is 13.5. The van der Waals surface area contributed by atoms with Gasteiger partial charge in [-0.3, -0.25) is 4.90 Å². The fourth-order valence-corrected chi connectivity index (χ4v) is 3.25. The molecule has 3 unspecified atom stereocenters. The average Bonchev–Trinajstić information content (AvgIpc) is 2.47. The molecule has 1 fully saturated rings. The molecule has 2 rings (SSSR count). The first-order valence-corrected chi connectivity index (χ1v) is 8.14. The quantitative estimate of drug-likeness (QED) is 0.886. The van der Waals surface area contributed by atoms with E-state index in [9.17, 15) is 0 Å². The van der Waals surface area contributed by atoms with Crippen LogP contribution >= 0.6 is 0 Å². The van der Waals surface area contributed by atoms with Gasteiger partial charge in [-0.05, 0) is 31.2 Å². The molecule has 1 aromatic rings. The maximum absolute atomic E-state index is 3.77. The molecule has 0 bridgehead atoms. The first-order chi connectivity index (χ1) is 9.61. The summed E-state index contributed by atoms with van der Waals surface area (Å²) in [6.45, 7) is 11.7. The fourth-order valence-electron chi connectivity index (χ4n) is 3.25. The Bertz CT molecular complexity index is 388. The number of benzene rings is 1. The van der Waals surface area contributed by atoms with Crippen LogP contribution in [-0.4, -0.2) is 36.1 Å². The maximum Gasteiger partial charge on any atom is 0.0247 e. The van der Waals surface area contributed by atoms with E-state index < -0.39 is 0 Å². The van der Waals surface area contributed by atoms with Crippen LogP contribution in [0.2, 0.25) is 0 Å². The summed E-state index contributed by atoms with van der Waals surface area (Å²) >= 11 is 0. The van der Waals surface area contributed by atoms with Gasteiger partial charge in [-0.25, -0.2) is 0 Å². The van der Waals surface area contributed by atoms with Gasteiger partial charge in [0.25, 0.3) is 0 Å². The van der Waals surface area contributed by atoms with Crippen molar-refractivity contribution in [3.8, 4) is 0 Å². The highest BCUT2D eigenvalue weighted by atomic mass is 15.3. The van der Waals surface area contributed by atoms with Gasteiger partial charge in [0.1, 0.15) is 0 Å². The molecule has 2 nitrogen and oxygen atoms in total. The summed E-state index contributed by atoms with van der Waals surface area (Å²) < 4.78 is 0. The lowest BCUT2D eigenvalue weighted by atomic mass is 9.94. The minimum atomic E-state index is 0.585. The van der Waals surface area contributed by atoms with Crippen LogP contribution in [0.15, 0.2) is 30.3 Å². The Morgan fingerprint density at radius 3 is 2.50 bits per heavy atom. The van der Waals surface area contributed by atoms with Gasteiger partial charge in [0.2, 0.25) is 0 Å². The number of piperazine rings is 1. The molecule has 0 saturated carbocycles. The van der Waals surface area contributed by atoms with Gasteiger partial charge >= 0.3 is 0 Å². The van der Waals surface area contributed by atoms with Crippen molar-refractivity contribution in [1.29, 1.82) is 0 Å². The lowest BCUT2D eigenvalue weighted by Crippen LogP contribution is -2.61. The van der Waals surface area contributed by atoms with E-state index >= 15 is 0 Å². The Balaban J connectivity index is 2.01. The second kappa shape index (κ2) is 7.24. The standard InChI is InChI=1S/C18H30N2/c1-5-15(4)20-13-17(19-12-18(20)14(2)3)11-16-9-7-6-8-10-16/h6-10,14-15,17-19H,5,11-13H2,1-4H3. The molecule has 0 aromatic heterocycles. The summed E-state index contributed by atoms with van der Waals surface area (Å²) in [4.78, 5) is 2.73. The Morgan fingerprint density at radius 2 is 1.90 bits per heavy atom. The topological polar surface area (TPSA) is 15.3 Å². The highest BCUT2D eigenvalue weighted by Gasteiger charge is 2.31. The Labute approximate surface area is 124 Å². The zero-order chi connectivity index (χ0) is 14.5. The molecule has 1 aliphatic rings. The van der Waals surface area contributed by atoms with Gasteiger partial charge in [0, 0.05) is 31.2 Å². The molecule has 1 aromatic carbocycles. The Kier molecular flexibility index (Phi) is 5.62. The lowest BCUT2D eigenvalue weighted by molar-refractivity contribution is 0.0607. The highest BCUT2D eigenvalue weighted by Crippen LogP contribution is 2.20. The van der Waals surface area contributed by atoms with Crippen molar-refractivity contribution in [2.45, 2.75) is 58.7 Å². The predicted octanol–water partition coefficient (Wildman–Crippen LogP) is 3.33. The first kappa shape index (κ1) is 15.5. The van der Waals surface area contributed by atoms with Crippen molar-refractivity contribution >= 4 is 0 Å². The summed E-state index contributed by atoms with van der Waals surface area (Å²) in [5.41, 5.74) is 1.44. The number of rotatable bonds is 5. The molecule has 3 atom stereocenters. The number of nitrogens with one attached hydrogen (secondary N) is 1. The average molecular weight is 274 g/mol. The van der Waals surface area contributed by atoms with Crippen molar-refractivity contribution in [2.24, 2.45) is 5.92 Å². The van der Waals surface area contributed by atoms with Crippen LogP contribution in [0.5, 0.6) is 0 Å². The molecule has 1 aliphatic heterocycles. The highest BCUT2D eigenvalue weighted by molar-refractivity contribution is 5.16. The summed E-state index contributed by atoms with van der Waals surface area (Å²) in [5.74, 6) is 0.717. The van der Waals surface area contributed by atoms with E-state index in [1.54, 1.807) is 0 Å². The first-order valence-electron chi connectivity index (χ1n) is 8.14. The molecule has 1 N–H and O–H groups in total. The van der Waals surface area contributed by atoms with Crippen molar-refractivity contribution in [3.63, 3.8) is 0 Å². The second-order valence-electron chi connectivity index (χ2n) is 6.56. The molecule has 2 heteroatoms. The monoisotopic (exact) mass is 274 g/mol. The summed E-state index contributed by atoms with van der Waals surface area (Å²) in [5, 5.41) is 3.77. The van der Waals surface area contributed by atoms with Crippen LogP contribution in [0.4, 0.5) is 0 Å². The molecule has 0 spiro atoms. The maximum atomic E-state index is 3.77. The van der Waals surface area contributed by atoms with E-state index in [1.807, 2.05) is 0 Å². The zero-order valence-electron chi connectivity index (χ0n) is 13.5. The third-order valence-corrected chi connectivity index (χ3v) is 4.72. The molecular formula is C18H30N2. The second-order valence-corrected chi connectivity index (χ2v) is 6.56. The number of nitrogens with zero attached hydrogens (tertiary/aromatic N) is 1. The summed E-state index contributed by atoms with van der Waals surface area (Å²) in [6, 6.07) is 12.8. The van der Waals surface area contributed by atoms with Gasteiger partial charge in [-0.1, -0.05) is 51.1 Å². The molecular weight excluding hydrogens is 244 g/mol. The molecule has 0 radical (unpaired) electrons. The molecule has 0 amide bonds. The van der Waals surface area contributed by atoms with Gasteiger partial charge in [-0.15, -0.1) is 0 Å². The third-order valence-electron chi connectivity index (χ3n) is 4.72. The van der Waals surface area contributed by atoms with E-state index in [0.29, 0.717) is 24.0 Å².